The Balaban J connectivity index is 1.46. The fourth-order valence-corrected chi connectivity index (χ4v) is 4.67. The number of hydrogen-bond donors (Lipinski definition) is 2. The van der Waals surface area contributed by atoms with Crippen molar-refractivity contribution in [2.75, 3.05) is 11.9 Å². The number of nitrogens with zero attached hydrogens (tertiary/aromatic N) is 2. The molecule has 0 atom stereocenters. The van der Waals surface area contributed by atoms with Gasteiger partial charge in [0.05, 0.1) is 16.3 Å². The van der Waals surface area contributed by atoms with E-state index in [0.29, 0.717) is 30.3 Å². The summed E-state index contributed by atoms with van der Waals surface area (Å²) in [7, 11) is 0. The second kappa shape index (κ2) is 9.53. The summed E-state index contributed by atoms with van der Waals surface area (Å²) < 4.78 is 15.6. The van der Waals surface area contributed by atoms with E-state index in [1.807, 2.05) is 30.3 Å². The van der Waals surface area contributed by atoms with Crippen LogP contribution in [-0.2, 0) is 29.3 Å². The lowest BCUT2D eigenvalue weighted by molar-refractivity contribution is -0.121. The lowest BCUT2D eigenvalue weighted by atomic mass is 10.1. The smallest absolute Gasteiger partial charge is 0.261 e. The van der Waals surface area contributed by atoms with Crippen LogP contribution in [0.3, 0.4) is 0 Å². The number of amides is 2. The summed E-state index contributed by atoms with van der Waals surface area (Å²) in [6, 6.07) is 13.9. The quantitative estimate of drug-likeness (QED) is 0.560. The normalized spacial score (nSPS) is 12.5. The minimum atomic E-state index is -0.708. The molecule has 4 rings (SSSR count). The number of aromatic nitrogens is 2. The second-order valence-corrected chi connectivity index (χ2v) is 8.45. The maximum absolute atomic E-state index is 14.2. The SMILES string of the molecule is O=C(Cn1nc2c(c1NC(=O)c1c(F)cccc1Cl)CSC2)NCCc1ccccc1. The van der Waals surface area contributed by atoms with E-state index in [9.17, 15) is 14.0 Å². The molecule has 0 bridgehead atoms. The van der Waals surface area contributed by atoms with Crippen molar-refractivity contribution in [3.05, 3.63) is 81.8 Å². The molecule has 3 aromatic rings. The minimum Gasteiger partial charge on any atom is -0.354 e. The molecule has 0 radical (unpaired) electrons. The maximum Gasteiger partial charge on any atom is 0.261 e. The largest absolute Gasteiger partial charge is 0.354 e. The Morgan fingerprint density at radius 1 is 1.13 bits per heavy atom. The van der Waals surface area contributed by atoms with Gasteiger partial charge in [-0.15, -0.1) is 0 Å². The van der Waals surface area contributed by atoms with E-state index in [1.54, 1.807) is 11.8 Å². The Morgan fingerprint density at radius 2 is 1.94 bits per heavy atom. The Labute approximate surface area is 188 Å². The number of carbonyl (C=O) groups excluding carboxylic acids is 2. The van der Waals surface area contributed by atoms with Gasteiger partial charge in [-0.2, -0.15) is 16.9 Å². The zero-order chi connectivity index (χ0) is 21.8. The Kier molecular flexibility index (Phi) is 6.58. The van der Waals surface area contributed by atoms with Crippen molar-refractivity contribution in [2.24, 2.45) is 0 Å². The van der Waals surface area contributed by atoms with Crippen molar-refractivity contribution in [1.82, 2.24) is 15.1 Å². The zero-order valence-electron chi connectivity index (χ0n) is 16.5. The van der Waals surface area contributed by atoms with Crippen LogP contribution < -0.4 is 10.6 Å². The molecule has 160 valence electrons. The van der Waals surface area contributed by atoms with Gasteiger partial charge in [-0.25, -0.2) is 9.07 Å². The first-order valence-electron chi connectivity index (χ1n) is 9.75. The highest BCUT2D eigenvalue weighted by Crippen LogP contribution is 2.35. The summed E-state index contributed by atoms with van der Waals surface area (Å²) >= 11 is 7.69. The van der Waals surface area contributed by atoms with Crippen LogP contribution in [0.25, 0.3) is 0 Å². The predicted molar refractivity (Wildman–Crippen MR) is 120 cm³/mol. The Bertz CT molecular complexity index is 1100. The number of hydrogen-bond acceptors (Lipinski definition) is 4. The third kappa shape index (κ3) is 4.91. The van der Waals surface area contributed by atoms with Crippen LogP contribution in [0.15, 0.2) is 48.5 Å². The number of halogens is 2. The van der Waals surface area contributed by atoms with Crippen LogP contribution in [0, 0.1) is 5.82 Å². The first-order chi connectivity index (χ1) is 15.0. The van der Waals surface area contributed by atoms with Gasteiger partial charge in [0, 0.05) is 23.6 Å². The Hall–Kier alpha value is -2.84. The van der Waals surface area contributed by atoms with Crippen molar-refractivity contribution in [3.63, 3.8) is 0 Å². The zero-order valence-corrected chi connectivity index (χ0v) is 18.1. The molecule has 0 spiro atoms. The third-order valence-corrected chi connectivity index (χ3v) is 6.20. The van der Waals surface area contributed by atoms with Crippen LogP contribution in [0.2, 0.25) is 5.02 Å². The Morgan fingerprint density at radius 3 is 2.71 bits per heavy atom. The highest BCUT2D eigenvalue weighted by atomic mass is 35.5. The fourth-order valence-electron chi connectivity index (χ4n) is 3.39. The van der Waals surface area contributed by atoms with E-state index < -0.39 is 11.7 Å². The summed E-state index contributed by atoms with van der Waals surface area (Å²) in [5.41, 5.74) is 2.57. The van der Waals surface area contributed by atoms with Gasteiger partial charge in [0.15, 0.2) is 0 Å². The number of fused-ring (bicyclic) bond motifs is 1. The molecule has 9 heteroatoms. The minimum absolute atomic E-state index is 0.0215. The van der Waals surface area contributed by atoms with E-state index in [2.05, 4.69) is 15.7 Å². The highest BCUT2D eigenvalue weighted by Gasteiger charge is 2.26. The monoisotopic (exact) mass is 458 g/mol. The summed E-state index contributed by atoms with van der Waals surface area (Å²) in [5, 5.41) is 10.1. The molecule has 6 nitrogen and oxygen atoms in total. The standard InChI is InChI=1S/C22H20ClFN4O2S/c23-16-7-4-8-17(24)20(16)22(30)26-21-15-12-31-13-18(15)27-28(21)11-19(29)25-10-9-14-5-2-1-3-6-14/h1-8H,9-13H2,(H,25,29)(H,26,30). The van der Waals surface area contributed by atoms with Crippen LogP contribution >= 0.6 is 23.4 Å². The number of rotatable bonds is 7. The summed E-state index contributed by atoms with van der Waals surface area (Å²) in [5.74, 6) is 0.160. The maximum atomic E-state index is 14.2. The van der Waals surface area contributed by atoms with Gasteiger partial charge >= 0.3 is 0 Å². The van der Waals surface area contributed by atoms with Gasteiger partial charge < -0.3 is 10.6 Å². The number of anilines is 1. The van der Waals surface area contributed by atoms with Gasteiger partial charge in [0.25, 0.3) is 5.91 Å². The first kappa shape index (κ1) is 21.4. The number of benzene rings is 2. The molecule has 1 aliphatic rings. The highest BCUT2D eigenvalue weighted by molar-refractivity contribution is 7.98. The molecule has 2 amide bonds. The van der Waals surface area contributed by atoms with Crippen LogP contribution in [0.1, 0.15) is 27.2 Å². The molecule has 0 unspecified atom stereocenters. The predicted octanol–water partition coefficient (Wildman–Crippen LogP) is 4.03. The van der Waals surface area contributed by atoms with E-state index in [4.69, 9.17) is 11.6 Å². The average Bonchev–Trinajstić information content (AvgIpc) is 3.31. The molecule has 0 saturated heterocycles. The molecule has 0 aliphatic carbocycles. The molecular weight excluding hydrogens is 439 g/mol. The van der Waals surface area contributed by atoms with Crippen molar-refractivity contribution in [2.45, 2.75) is 24.5 Å². The van der Waals surface area contributed by atoms with Crippen molar-refractivity contribution >= 4 is 41.0 Å². The van der Waals surface area contributed by atoms with Gasteiger partial charge in [0.1, 0.15) is 18.2 Å². The van der Waals surface area contributed by atoms with E-state index in [-0.39, 0.29) is 23.0 Å². The second-order valence-electron chi connectivity index (χ2n) is 7.06. The van der Waals surface area contributed by atoms with Gasteiger partial charge in [-0.1, -0.05) is 48.0 Å². The van der Waals surface area contributed by atoms with E-state index >= 15 is 0 Å². The fraction of sp³-hybridized carbons (Fsp3) is 0.227. The van der Waals surface area contributed by atoms with E-state index in [0.717, 1.165) is 16.8 Å². The molecule has 0 saturated carbocycles. The molecule has 2 aromatic carbocycles. The number of carbonyl (C=O) groups is 2. The molecule has 2 heterocycles. The van der Waals surface area contributed by atoms with Crippen molar-refractivity contribution in [1.29, 1.82) is 0 Å². The van der Waals surface area contributed by atoms with Gasteiger partial charge in [-0.05, 0) is 24.1 Å². The van der Waals surface area contributed by atoms with Crippen LogP contribution in [-0.4, -0.2) is 28.1 Å². The van der Waals surface area contributed by atoms with Crippen LogP contribution in [0.4, 0.5) is 10.2 Å². The molecular formula is C22H20ClFN4O2S. The molecule has 1 aliphatic heterocycles. The number of thioether (sulfide) groups is 1. The molecule has 31 heavy (non-hydrogen) atoms. The average molecular weight is 459 g/mol. The first-order valence-corrected chi connectivity index (χ1v) is 11.3. The summed E-state index contributed by atoms with van der Waals surface area (Å²) in [6.07, 6.45) is 0.716. The van der Waals surface area contributed by atoms with Gasteiger partial charge in [0.2, 0.25) is 5.91 Å². The van der Waals surface area contributed by atoms with Crippen LogP contribution in [0.5, 0.6) is 0 Å². The summed E-state index contributed by atoms with van der Waals surface area (Å²) in [4.78, 5) is 25.2. The molecule has 0 fully saturated rings. The number of nitrogens with one attached hydrogen (secondary N) is 2. The van der Waals surface area contributed by atoms with Crippen molar-refractivity contribution < 1.29 is 14.0 Å². The lowest BCUT2D eigenvalue weighted by Gasteiger charge is -2.12. The molecule has 1 aromatic heterocycles. The topological polar surface area (TPSA) is 76.0 Å². The third-order valence-electron chi connectivity index (χ3n) is 4.91. The molecule has 2 N–H and O–H groups in total. The summed E-state index contributed by atoms with van der Waals surface area (Å²) in [6.45, 7) is 0.444. The van der Waals surface area contributed by atoms with Gasteiger partial charge in [-0.3, -0.25) is 9.59 Å². The lowest BCUT2D eigenvalue weighted by Crippen LogP contribution is -2.30. The van der Waals surface area contributed by atoms with Crippen molar-refractivity contribution in [3.8, 4) is 0 Å². The van der Waals surface area contributed by atoms with E-state index in [1.165, 1.54) is 22.9 Å².